The molecule has 1 aromatic heterocycles. The summed E-state index contributed by atoms with van der Waals surface area (Å²) in [6.07, 6.45) is -3.26. The SMILES string of the molecule is Cc1nn(C(C)(C)C)cc1C(F)(F)F. The first-order chi connectivity index (χ1) is 6.12. The minimum Gasteiger partial charge on any atom is -0.267 e. The summed E-state index contributed by atoms with van der Waals surface area (Å²) in [5, 5.41) is 3.85. The molecule has 5 heteroatoms. The van der Waals surface area contributed by atoms with Gasteiger partial charge in [-0.25, -0.2) is 0 Å². The normalized spacial score (nSPS) is 13.4. The highest BCUT2D eigenvalue weighted by atomic mass is 19.4. The summed E-state index contributed by atoms with van der Waals surface area (Å²) in [6, 6.07) is 0. The van der Waals surface area contributed by atoms with Crippen LogP contribution in [0.5, 0.6) is 0 Å². The second-order valence-electron chi connectivity index (χ2n) is 4.24. The van der Waals surface area contributed by atoms with Crippen LogP contribution in [-0.2, 0) is 11.7 Å². The number of rotatable bonds is 0. The van der Waals surface area contributed by atoms with Crippen molar-refractivity contribution in [3.8, 4) is 0 Å². The molecule has 1 aromatic rings. The maximum absolute atomic E-state index is 12.4. The number of nitrogens with zero attached hydrogens (tertiary/aromatic N) is 2. The molecule has 0 saturated carbocycles. The monoisotopic (exact) mass is 206 g/mol. The molecule has 0 amide bonds. The largest absolute Gasteiger partial charge is 0.419 e. The molecule has 0 aliphatic rings. The van der Waals surface area contributed by atoms with E-state index in [1.165, 1.54) is 11.6 Å². The lowest BCUT2D eigenvalue weighted by molar-refractivity contribution is -0.138. The van der Waals surface area contributed by atoms with Crippen molar-refractivity contribution in [3.05, 3.63) is 17.5 Å². The zero-order chi connectivity index (χ0) is 11.1. The van der Waals surface area contributed by atoms with Crippen molar-refractivity contribution < 1.29 is 13.2 Å². The van der Waals surface area contributed by atoms with Crippen LogP contribution in [0, 0.1) is 6.92 Å². The Kier molecular flexibility index (Phi) is 2.37. The number of hydrogen-bond donors (Lipinski definition) is 0. The highest BCUT2D eigenvalue weighted by molar-refractivity contribution is 5.19. The van der Waals surface area contributed by atoms with Crippen molar-refractivity contribution in [2.45, 2.75) is 39.4 Å². The van der Waals surface area contributed by atoms with Crippen molar-refractivity contribution in [2.24, 2.45) is 0 Å². The fourth-order valence-electron chi connectivity index (χ4n) is 1.08. The summed E-state index contributed by atoms with van der Waals surface area (Å²) in [5.41, 5.74) is -1.06. The van der Waals surface area contributed by atoms with Crippen LogP contribution < -0.4 is 0 Å². The maximum Gasteiger partial charge on any atom is 0.419 e. The van der Waals surface area contributed by atoms with Crippen LogP contribution in [0.1, 0.15) is 32.0 Å². The number of aromatic nitrogens is 2. The van der Waals surface area contributed by atoms with Gasteiger partial charge in [-0.1, -0.05) is 0 Å². The van der Waals surface area contributed by atoms with Gasteiger partial charge in [-0.15, -0.1) is 0 Å². The van der Waals surface area contributed by atoms with Crippen molar-refractivity contribution >= 4 is 0 Å². The van der Waals surface area contributed by atoms with Crippen LogP contribution in [0.15, 0.2) is 6.20 Å². The molecule has 0 atom stereocenters. The third-order valence-corrected chi connectivity index (χ3v) is 1.89. The van der Waals surface area contributed by atoms with Crippen LogP contribution in [0.4, 0.5) is 13.2 Å². The molecule has 80 valence electrons. The summed E-state index contributed by atoms with van der Waals surface area (Å²) in [5.74, 6) is 0. The average Bonchev–Trinajstić information content (AvgIpc) is 2.27. The highest BCUT2D eigenvalue weighted by Crippen LogP contribution is 2.32. The summed E-state index contributed by atoms with van der Waals surface area (Å²) in [6.45, 7) is 6.78. The Morgan fingerprint density at radius 1 is 1.21 bits per heavy atom. The van der Waals surface area contributed by atoms with E-state index in [1.807, 2.05) is 0 Å². The van der Waals surface area contributed by atoms with Gasteiger partial charge in [-0.3, -0.25) is 4.68 Å². The predicted octanol–water partition coefficient (Wildman–Crippen LogP) is 2.97. The van der Waals surface area contributed by atoms with Gasteiger partial charge in [0.05, 0.1) is 16.8 Å². The van der Waals surface area contributed by atoms with Crippen LogP contribution in [0.25, 0.3) is 0 Å². The molecular weight excluding hydrogens is 193 g/mol. The van der Waals surface area contributed by atoms with E-state index in [0.717, 1.165) is 6.20 Å². The molecule has 0 radical (unpaired) electrons. The second-order valence-corrected chi connectivity index (χ2v) is 4.24. The minimum atomic E-state index is -4.31. The smallest absolute Gasteiger partial charge is 0.267 e. The molecule has 0 fully saturated rings. The standard InChI is InChI=1S/C9H13F3N2/c1-6-7(9(10,11)12)5-14(13-6)8(2,3)4/h5H,1-4H3. The molecule has 2 nitrogen and oxygen atoms in total. The Balaban J connectivity index is 3.19. The predicted molar refractivity (Wildman–Crippen MR) is 47.0 cm³/mol. The third kappa shape index (κ3) is 2.08. The van der Waals surface area contributed by atoms with Gasteiger partial charge in [0, 0.05) is 6.20 Å². The lowest BCUT2D eigenvalue weighted by atomic mass is 10.1. The van der Waals surface area contributed by atoms with Gasteiger partial charge in [0.2, 0.25) is 0 Å². The first kappa shape index (κ1) is 11.1. The van der Waals surface area contributed by atoms with Gasteiger partial charge >= 0.3 is 6.18 Å². The fourth-order valence-corrected chi connectivity index (χ4v) is 1.08. The lowest BCUT2D eigenvalue weighted by Crippen LogP contribution is -2.22. The fraction of sp³-hybridized carbons (Fsp3) is 0.667. The first-order valence-electron chi connectivity index (χ1n) is 4.26. The summed E-state index contributed by atoms with van der Waals surface area (Å²) < 4.78 is 38.5. The van der Waals surface area contributed by atoms with Gasteiger partial charge in [0.25, 0.3) is 0 Å². The zero-order valence-electron chi connectivity index (χ0n) is 8.61. The Bertz CT molecular complexity index is 331. The Labute approximate surface area is 80.7 Å². The van der Waals surface area contributed by atoms with E-state index in [0.29, 0.717) is 0 Å². The van der Waals surface area contributed by atoms with Crippen LogP contribution >= 0.6 is 0 Å². The van der Waals surface area contributed by atoms with E-state index in [-0.39, 0.29) is 5.69 Å². The third-order valence-electron chi connectivity index (χ3n) is 1.89. The van der Waals surface area contributed by atoms with Crippen molar-refractivity contribution in [1.29, 1.82) is 0 Å². The van der Waals surface area contributed by atoms with E-state index < -0.39 is 17.3 Å². The molecule has 14 heavy (non-hydrogen) atoms. The average molecular weight is 206 g/mol. The quantitative estimate of drug-likeness (QED) is 0.638. The number of alkyl halides is 3. The molecule has 1 heterocycles. The second kappa shape index (κ2) is 3.00. The number of aryl methyl sites for hydroxylation is 1. The van der Waals surface area contributed by atoms with Crippen LogP contribution in [0.3, 0.4) is 0 Å². The van der Waals surface area contributed by atoms with Gasteiger partial charge in [0.1, 0.15) is 0 Å². The van der Waals surface area contributed by atoms with E-state index in [9.17, 15) is 13.2 Å². The molecule has 0 aromatic carbocycles. The molecular formula is C9H13F3N2. The number of hydrogen-bond acceptors (Lipinski definition) is 1. The first-order valence-corrected chi connectivity index (χ1v) is 4.26. The van der Waals surface area contributed by atoms with Crippen molar-refractivity contribution in [2.75, 3.05) is 0 Å². The molecule has 0 N–H and O–H groups in total. The molecule has 0 aliphatic carbocycles. The Morgan fingerprint density at radius 3 is 1.93 bits per heavy atom. The van der Waals surface area contributed by atoms with Crippen molar-refractivity contribution in [3.63, 3.8) is 0 Å². The molecule has 0 saturated heterocycles. The van der Waals surface area contributed by atoms with Gasteiger partial charge < -0.3 is 0 Å². The van der Waals surface area contributed by atoms with Crippen molar-refractivity contribution in [1.82, 2.24) is 9.78 Å². The van der Waals surface area contributed by atoms with E-state index in [4.69, 9.17) is 0 Å². The summed E-state index contributed by atoms with van der Waals surface area (Å²) in [4.78, 5) is 0. The van der Waals surface area contributed by atoms with Crippen LogP contribution in [0.2, 0.25) is 0 Å². The van der Waals surface area contributed by atoms with E-state index >= 15 is 0 Å². The molecule has 0 unspecified atom stereocenters. The summed E-state index contributed by atoms with van der Waals surface area (Å²) >= 11 is 0. The highest BCUT2D eigenvalue weighted by Gasteiger charge is 2.35. The van der Waals surface area contributed by atoms with E-state index in [2.05, 4.69) is 5.10 Å². The molecule has 0 spiro atoms. The molecule has 0 bridgehead atoms. The number of halogens is 3. The van der Waals surface area contributed by atoms with Crippen LogP contribution in [-0.4, -0.2) is 9.78 Å². The van der Waals surface area contributed by atoms with Gasteiger partial charge in [0.15, 0.2) is 0 Å². The van der Waals surface area contributed by atoms with Gasteiger partial charge in [-0.05, 0) is 27.7 Å². The molecule has 1 rings (SSSR count). The van der Waals surface area contributed by atoms with E-state index in [1.54, 1.807) is 20.8 Å². The minimum absolute atomic E-state index is 0.0208. The molecule has 0 aliphatic heterocycles. The Hall–Kier alpha value is -1.00. The Morgan fingerprint density at radius 2 is 1.71 bits per heavy atom. The van der Waals surface area contributed by atoms with Gasteiger partial charge in [-0.2, -0.15) is 18.3 Å². The maximum atomic E-state index is 12.4. The lowest BCUT2D eigenvalue weighted by Gasteiger charge is -2.18. The topological polar surface area (TPSA) is 17.8 Å². The summed E-state index contributed by atoms with van der Waals surface area (Å²) in [7, 11) is 0. The zero-order valence-corrected chi connectivity index (χ0v) is 8.61.